The molecule has 0 fully saturated rings. The van der Waals surface area contributed by atoms with Crippen LogP contribution < -0.4 is 0 Å². The van der Waals surface area contributed by atoms with Gasteiger partial charge in [0.05, 0.1) is 7.11 Å². The molecule has 0 aromatic heterocycles. The van der Waals surface area contributed by atoms with Crippen LogP contribution >= 0.6 is 0 Å². The van der Waals surface area contributed by atoms with Gasteiger partial charge in [0.1, 0.15) is 0 Å². The fraction of sp³-hybridized carbons (Fsp3) is 0.789. The number of aliphatic carboxylic acids is 1. The van der Waals surface area contributed by atoms with Crippen molar-refractivity contribution in [1.82, 2.24) is 0 Å². The molecule has 0 rings (SSSR count). The summed E-state index contributed by atoms with van der Waals surface area (Å²) in [4.78, 5) is 21.2. The maximum absolute atomic E-state index is 10.9. The van der Waals surface area contributed by atoms with Crippen LogP contribution in [-0.2, 0) is 14.3 Å². The predicted octanol–water partition coefficient (Wildman–Crippen LogP) is 4.71. The first kappa shape index (κ1) is 21.5. The molecule has 4 nitrogen and oxygen atoms in total. The summed E-state index contributed by atoms with van der Waals surface area (Å²) in [5.41, 5.74) is 0. The van der Waals surface area contributed by atoms with E-state index in [4.69, 9.17) is 5.11 Å². The molecule has 0 amide bonds. The van der Waals surface area contributed by atoms with Gasteiger partial charge in [0.2, 0.25) is 0 Å². The van der Waals surface area contributed by atoms with Crippen LogP contribution in [-0.4, -0.2) is 24.2 Å². The van der Waals surface area contributed by atoms with Crippen LogP contribution in [0.2, 0.25) is 0 Å². The van der Waals surface area contributed by atoms with E-state index in [1.807, 2.05) is 0 Å². The van der Waals surface area contributed by atoms with E-state index in [9.17, 15) is 9.59 Å². The van der Waals surface area contributed by atoms with Gasteiger partial charge in [-0.05, 0) is 25.7 Å². The van der Waals surface area contributed by atoms with Crippen molar-refractivity contribution in [3.63, 3.8) is 0 Å². The van der Waals surface area contributed by atoms with E-state index < -0.39 is 5.97 Å². The number of carboxylic acids is 1. The van der Waals surface area contributed by atoms with Gasteiger partial charge in [-0.3, -0.25) is 9.59 Å². The molecule has 0 bridgehead atoms. The lowest BCUT2D eigenvalue weighted by Gasteiger charge is -2.00. The molecule has 0 atom stereocenters. The first-order valence-corrected chi connectivity index (χ1v) is 8.91. The Morgan fingerprint density at radius 1 is 0.739 bits per heavy atom. The van der Waals surface area contributed by atoms with Crippen LogP contribution in [0.1, 0.15) is 89.9 Å². The zero-order valence-electron chi connectivity index (χ0n) is 14.6. The highest BCUT2D eigenvalue weighted by Crippen LogP contribution is 2.09. The van der Waals surface area contributed by atoms with Crippen molar-refractivity contribution in [2.24, 2.45) is 0 Å². The molecule has 0 spiro atoms. The predicted molar refractivity (Wildman–Crippen MR) is 92.1 cm³/mol. The second kappa shape index (κ2) is 16.9. The van der Waals surface area contributed by atoms with Gasteiger partial charge >= 0.3 is 11.9 Å². The molecule has 0 heterocycles. The summed E-state index contributed by atoms with van der Waals surface area (Å²) in [5.74, 6) is 5.60. The Bertz CT molecular complexity index is 365. The van der Waals surface area contributed by atoms with Gasteiger partial charge in [-0.2, -0.15) is 0 Å². The zero-order chi connectivity index (χ0) is 17.2. The Balaban J connectivity index is 3.18. The van der Waals surface area contributed by atoms with Gasteiger partial charge in [-0.1, -0.05) is 38.5 Å². The Morgan fingerprint density at radius 3 is 1.65 bits per heavy atom. The van der Waals surface area contributed by atoms with Crippen molar-refractivity contribution in [3.05, 3.63) is 0 Å². The number of carboxylic acid groups (broad SMARTS) is 1. The molecule has 1 N–H and O–H groups in total. The van der Waals surface area contributed by atoms with Crippen molar-refractivity contribution in [2.75, 3.05) is 7.11 Å². The number of hydrogen-bond acceptors (Lipinski definition) is 3. The van der Waals surface area contributed by atoms with E-state index >= 15 is 0 Å². The number of unbranched alkanes of at least 4 members (excludes halogenated alkanes) is 10. The van der Waals surface area contributed by atoms with Crippen molar-refractivity contribution in [2.45, 2.75) is 89.9 Å². The van der Waals surface area contributed by atoms with Crippen LogP contribution in [0.15, 0.2) is 0 Å². The lowest BCUT2D eigenvalue weighted by atomic mass is 10.1. The van der Waals surface area contributed by atoms with Crippen molar-refractivity contribution in [1.29, 1.82) is 0 Å². The molecule has 0 aromatic rings. The monoisotopic (exact) mass is 324 g/mol. The van der Waals surface area contributed by atoms with E-state index in [0.717, 1.165) is 57.8 Å². The summed E-state index contributed by atoms with van der Waals surface area (Å²) >= 11 is 0. The Kier molecular flexibility index (Phi) is 15.8. The Labute approximate surface area is 141 Å². The van der Waals surface area contributed by atoms with E-state index in [0.29, 0.717) is 6.42 Å². The molecule has 0 saturated carbocycles. The minimum atomic E-state index is -0.701. The van der Waals surface area contributed by atoms with Gasteiger partial charge in [0, 0.05) is 25.7 Å². The number of methoxy groups -OCH3 is 1. The first-order chi connectivity index (χ1) is 11.2. The summed E-state index contributed by atoms with van der Waals surface area (Å²) in [6.07, 6.45) is 13.4. The van der Waals surface area contributed by atoms with Gasteiger partial charge in [0.15, 0.2) is 0 Å². The van der Waals surface area contributed by atoms with Crippen molar-refractivity contribution >= 4 is 11.9 Å². The van der Waals surface area contributed by atoms with Crippen LogP contribution in [0.25, 0.3) is 0 Å². The molecule has 132 valence electrons. The largest absolute Gasteiger partial charge is 0.481 e. The van der Waals surface area contributed by atoms with Gasteiger partial charge in [0.25, 0.3) is 0 Å². The third-order valence-corrected chi connectivity index (χ3v) is 3.73. The number of carbonyl (C=O) groups is 2. The van der Waals surface area contributed by atoms with Crippen LogP contribution in [0.4, 0.5) is 0 Å². The summed E-state index contributed by atoms with van der Waals surface area (Å²) in [6, 6.07) is 0. The molecule has 23 heavy (non-hydrogen) atoms. The smallest absolute Gasteiger partial charge is 0.305 e. The highest BCUT2D eigenvalue weighted by Gasteiger charge is 1.98. The minimum absolute atomic E-state index is 0.109. The highest BCUT2D eigenvalue weighted by molar-refractivity contribution is 5.69. The third-order valence-electron chi connectivity index (χ3n) is 3.73. The summed E-state index contributed by atoms with van der Waals surface area (Å²) in [5, 5.41) is 8.51. The standard InChI is InChI=1S/C19H32O4/c1-23-19(22)17-15-13-11-9-7-5-3-2-4-6-8-10-12-14-16-18(20)21/h3,5-17H2,1H3,(H,20,21). The Hall–Kier alpha value is -1.50. The molecule has 0 aliphatic rings. The lowest BCUT2D eigenvalue weighted by molar-refractivity contribution is -0.141. The van der Waals surface area contributed by atoms with Crippen LogP contribution in [0, 0.1) is 11.8 Å². The number of carbonyl (C=O) groups excluding carboxylic acids is 1. The fourth-order valence-electron chi connectivity index (χ4n) is 2.31. The summed E-state index contributed by atoms with van der Waals surface area (Å²) in [7, 11) is 1.43. The van der Waals surface area contributed by atoms with Crippen LogP contribution in [0.5, 0.6) is 0 Å². The van der Waals surface area contributed by atoms with Crippen molar-refractivity contribution in [3.8, 4) is 11.8 Å². The third kappa shape index (κ3) is 18.5. The Morgan fingerprint density at radius 2 is 1.17 bits per heavy atom. The van der Waals surface area contributed by atoms with Crippen LogP contribution in [0.3, 0.4) is 0 Å². The molecule has 0 aromatic carbocycles. The number of hydrogen-bond donors (Lipinski definition) is 1. The lowest BCUT2D eigenvalue weighted by Crippen LogP contribution is -1.99. The molecule has 0 saturated heterocycles. The number of esters is 1. The maximum atomic E-state index is 10.9. The SMILES string of the molecule is COC(=O)CCCCCCCCC#CCCCCCCC(=O)O. The maximum Gasteiger partial charge on any atom is 0.305 e. The van der Waals surface area contributed by atoms with Gasteiger partial charge < -0.3 is 9.84 Å². The molecule has 0 aliphatic heterocycles. The number of ether oxygens (including phenoxy) is 1. The van der Waals surface area contributed by atoms with Gasteiger partial charge in [-0.15, -0.1) is 11.8 Å². The van der Waals surface area contributed by atoms with E-state index in [-0.39, 0.29) is 12.4 Å². The quantitative estimate of drug-likeness (QED) is 0.285. The fourth-order valence-corrected chi connectivity index (χ4v) is 2.31. The zero-order valence-corrected chi connectivity index (χ0v) is 14.6. The summed E-state index contributed by atoms with van der Waals surface area (Å²) in [6.45, 7) is 0. The number of rotatable bonds is 14. The van der Waals surface area contributed by atoms with E-state index in [1.54, 1.807) is 0 Å². The topological polar surface area (TPSA) is 63.6 Å². The first-order valence-electron chi connectivity index (χ1n) is 8.91. The van der Waals surface area contributed by atoms with Crippen molar-refractivity contribution < 1.29 is 19.4 Å². The van der Waals surface area contributed by atoms with E-state index in [2.05, 4.69) is 16.6 Å². The van der Waals surface area contributed by atoms with Gasteiger partial charge in [-0.25, -0.2) is 0 Å². The average Bonchev–Trinajstić information content (AvgIpc) is 2.53. The molecule has 0 unspecified atom stereocenters. The molecule has 0 aliphatic carbocycles. The molecular formula is C19H32O4. The highest BCUT2D eigenvalue weighted by atomic mass is 16.5. The molecule has 0 radical (unpaired) electrons. The molecule has 4 heteroatoms. The second-order valence-electron chi connectivity index (χ2n) is 5.86. The normalized spacial score (nSPS) is 9.96. The minimum Gasteiger partial charge on any atom is -0.481 e. The summed E-state index contributed by atoms with van der Waals surface area (Å²) < 4.78 is 4.60. The average molecular weight is 324 g/mol. The van der Waals surface area contributed by atoms with E-state index in [1.165, 1.54) is 26.4 Å². The molecular weight excluding hydrogens is 292 g/mol. The second-order valence-corrected chi connectivity index (χ2v) is 5.86.